The lowest BCUT2D eigenvalue weighted by atomic mass is 10.1. The maximum Gasteiger partial charge on any atom is 0.450 e. The Hall–Kier alpha value is -1.39. The second-order valence-electron chi connectivity index (χ2n) is 2.85. The maximum atomic E-state index is 11.8. The van der Waals surface area contributed by atoms with Crippen molar-refractivity contribution < 1.29 is 22.8 Å². The highest BCUT2D eigenvalue weighted by Gasteiger charge is 2.39. The predicted octanol–water partition coefficient (Wildman–Crippen LogP) is 1.96. The Morgan fingerprint density at radius 3 is 2.43 bits per heavy atom. The third kappa shape index (κ3) is 2.55. The van der Waals surface area contributed by atoms with Gasteiger partial charge >= 0.3 is 6.18 Å². The molecule has 0 saturated heterocycles. The van der Waals surface area contributed by atoms with Gasteiger partial charge in [-0.3, -0.25) is 9.59 Å². The Kier molecular flexibility index (Phi) is 2.88. The van der Waals surface area contributed by atoms with Crippen molar-refractivity contribution in [1.82, 2.24) is 0 Å². The zero-order chi connectivity index (χ0) is 10.8. The molecule has 0 aromatic rings. The van der Waals surface area contributed by atoms with Crippen LogP contribution >= 0.6 is 0 Å². The van der Waals surface area contributed by atoms with E-state index in [-0.39, 0.29) is 5.57 Å². The Balaban J connectivity index is 2.54. The smallest absolute Gasteiger partial charge is 0.294 e. The minimum absolute atomic E-state index is 0.252. The highest BCUT2D eigenvalue weighted by atomic mass is 19.4. The van der Waals surface area contributed by atoms with Crippen LogP contribution in [0, 0.1) is 0 Å². The number of carbonyl (C=O) groups is 2. The first kappa shape index (κ1) is 10.7. The second kappa shape index (κ2) is 3.77. The number of ketones is 2. The van der Waals surface area contributed by atoms with E-state index >= 15 is 0 Å². The maximum absolute atomic E-state index is 11.8. The fourth-order valence-corrected chi connectivity index (χ4v) is 1.01. The third-order valence-electron chi connectivity index (χ3n) is 1.77. The fourth-order valence-electron chi connectivity index (χ4n) is 1.01. The van der Waals surface area contributed by atoms with E-state index in [0.717, 1.165) is 0 Å². The molecule has 0 atom stereocenters. The highest BCUT2D eigenvalue weighted by Crippen LogP contribution is 2.20. The molecule has 0 N–H and O–H groups in total. The molecule has 0 amide bonds. The highest BCUT2D eigenvalue weighted by molar-refractivity contribution is 6.09. The average Bonchev–Trinajstić information content (AvgIpc) is 2.53. The van der Waals surface area contributed by atoms with Crippen molar-refractivity contribution in [3.63, 3.8) is 0 Å². The summed E-state index contributed by atoms with van der Waals surface area (Å²) in [4.78, 5) is 21.5. The van der Waals surface area contributed by atoms with Crippen LogP contribution in [0.5, 0.6) is 0 Å². The number of halogens is 3. The molecule has 0 saturated carbocycles. The van der Waals surface area contributed by atoms with Gasteiger partial charge in [0.2, 0.25) is 5.78 Å². The lowest BCUT2D eigenvalue weighted by Crippen LogP contribution is -2.25. The van der Waals surface area contributed by atoms with Gasteiger partial charge in [-0.2, -0.15) is 13.2 Å². The summed E-state index contributed by atoms with van der Waals surface area (Å²) in [5.41, 5.74) is 0.252. The van der Waals surface area contributed by atoms with Gasteiger partial charge in [0.05, 0.1) is 6.42 Å². The zero-order valence-corrected chi connectivity index (χ0v) is 7.10. The summed E-state index contributed by atoms with van der Waals surface area (Å²) in [6, 6.07) is 0. The Morgan fingerprint density at radius 2 is 2.00 bits per heavy atom. The molecule has 1 rings (SSSR count). The van der Waals surface area contributed by atoms with Gasteiger partial charge in [0, 0.05) is 0 Å². The third-order valence-corrected chi connectivity index (χ3v) is 1.77. The van der Waals surface area contributed by atoms with E-state index in [0.29, 0.717) is 6.42 Å². The fraction of sp³-hybridized carbons (Fsp3) is 0.333. The quantitative estimate of drug-likeness (QED) is 0.658. The lowest BCUT2D eigenvalue weighted by molar-refractivity contribution is -0.171. The van der Waals surface area contributed by atoms with Crippen molar-refractivity contribution in [2.45, 2.75) is 19.0 Å². The molecule has 14 heavy (non-hydrogen) atoms. The van der Waals surface area contributed by atoms with Gasteiger partial charge in [0.1, 0.15) is 0 Å². The normalized spacial score (nSPS) is 15.5. The van der Waals surface area contributed by atoms with Gasteiger partial charge in [-0.1, -0.05) is 18.2 Å². The van der Waals surface area contributed by atoms with E-state index in [4.69, 9.17) is 0 Å². The molecule has 1 aliphatic carbocycles. The molecule has 0 aromatic heterocycles. The molecular weight excluding hydrogens is 197 g/mol. The lowest BCUT2D eigenvalue weighted by Gasteiger charge is -2.04. The first-order valence-corrected chi connectivity index (χ1v) is 3.90. The molecule has 0 aliphatic heterocycles. The number of hydrogen-bond acceptors (Lipinski definition) is 2. The topological polar surface area (TPSA) is 34.1 Å². The first-order valence-electron chi connectivity index (χ1n) is 3.90. The Labute approximate surface area is 78.1 Å². The second-order valence-corrected chi connectivity index (χ2v) is 2.85. The first-order chi connectivity index (χ1) is 6.41. The van der Waals surface area contributed by atoms with Crippen molar-refractivity contribution in [3.05, 3.63) is 23.8 Å². The summed E-state index contributed by atoms with van der Waals surface area (Å²) in [5.74, 6) is -2.74. The minimum atomic E-state index is -4.91. The molecule has 0 unspecified atom stereocenters. The van der Waals surface area contributed by atoms with Crippen LogP contribution in [0.15, 0.2) is 23.8 Å². The summed E-state index contributed by atoms with van der Waals surface area (Å²) >= 11 is 0. The van der Waals surface area contributed by atoms with Crippen LogP contribution in [0.4, 0.5) is 13.2 Å². The van der Waals surface area contributed by atoms with Crippen LogP contribution < -0.4 is 0 Å². The number of rotatable bonds is 3. The van der Waals surface area contributed by atoms with E-state index < -0.39 is 24.2 Å². The minimum Gasteiger partial charge on any atom is -0.294 e. The molecule has 0 bridgehead atoms. The Bertz CT molecular complexity index is 323. The summed E-state index contributed by atoms with van der Waals surface area (Å²) < 4.78 is 35.3. The van der Waals surface area contributed by atoms with Crippen molar-refractivity contribution in [3.8, 4) is 0 Å². The Morgan fingerprint density at radius 1 is 1.36 bits per heavy atom. The van der Waals surface area contributed by atoms with Crippen LogP contribution in [0.3, 0.4) is 0 Å². The monoisotopic (exact) mass is 204 g/mol. The summed E-state index contributed by atoms with van der Waals surface area (Å²) in [6.45, 7) is 0. The van der Waals surface area contributed by atoms with Crippen LogP contribution in [-0.2, 0) is 9.59 Å². The van der Waals surface area contributed by atoms with E-state index in [1.807, 2.05) is 0 Å². The SMILES string of the molecule is O=C(CC(=O)C(F)(F)F)C1=CC=CC1. The van der Waals surface area contributed by atoms with Crippen molar-refractivity contribution in [2.75, 3.05) is 0 Å². The molecule has 2 nitrogen and oxygen atoms in total. The van der Waals surface area contributed by atoms with Gasteiger partial charge in [-0.15, -0.1) is 0 Å². The van der Waals surface area contributed by atoms with Gasteiger partial charge in [0.15, 0.2) is 5.78 Å². The number of Topliss-reactive ketones (excluding diaryl/α,β-unsaturated/α-hetero) is 2. The number of alkyl halides is 3. The molecule has 1 aliphatic rings. The van der Waals surface area contributed by atoms with Crippen LogP contribution in [0.25, 0.3) is 0 Å². The summed E-state index contributed by atoms with van der Waals surface area (Å²) in [7, 11) is 0. The van der Waals surface area contributed by atoms with Crippen LogP contribution in [-0.4, -0.2) is 17.7 Å². The van der Waals surface area contributed by atoms with Gasteiger partial charge in [-0.25, -0.2) is 0 Å². The van der Waals surface area contributed by atoms with Gasteiger partial charge in [0.25, 0.3) is 0 Å². The van der Waals surface area contributed by atoms with Crippen LogP contribution in [0.2, 0.25) is 0 Å². The number of carbonyl (C=O) groups excluding carboxylic acids is 2. The van der Waals surface area contributed by atoms with E-state index in [1.54, 1.807) is 12.2 Å². The summed E-state index contributed by atoms with van der Waals surface area (Å²) in [6.07, 6.45) is -1.05. The molecule has 0 aromatic carbocycles. The molecule has 0 spiro atoms. The van der Waals surface area contributed by atoms with Crippen molar-refractivity contribution >= 4 is 11.6 Å². The van der Waals surface area contributed by atoms with E-state index in [1.165, 1.54) is 6.08 Å². The predicted molar refractivity (Wildman–Crippen MR) is 42.5 cm³/mol. The van der Waals surface area contributed by atoms with E-state index in [9.17, 15) is 22.8 Å². The molecule has 0 fully saturated rings. The zero-order valence-electron chi connectivity index (χ0n) is 7.10. The van der Waals surface area contributed by atoms with Crippen LogP contribution in [0.1, 0.15) is 12.8 Å². The molecule has 76 valence electrons. The average molecular weight is 204 g/mol. The molecule has 0 radical (unpaired) electrons. The molecule has 5 heteroatoms. The molecular formula is C9H7F3O2. The standard InChI is InChI=1S/C9H7F3O2/c10-9(11,12)8(14)5-7(13)6-3-1-2-4-6/h1-3H,4-5H2. The molecule has 0 heterocycles. The van der Waals surface area contributed by atoms with E-state index in [2.05, 4.69) is 0 Å². The largest absolute Gasteiger partial charge is 0.450 e. The van der Waals surface area contributed by atoms with Crippen molar-refractivity contribution in [1.29, 1.82) is 0 Å². The summed E-state index contributed by atoms with van der Waals surface area (Å²) in [5, 5.41) is 0. The van der Waals surface area contributed by atoms with Gasteiger partial charge in [-0.05, 0) is 12.0 Å². The number of allylic oxidation sites excluding steroid dienone is 4. The van der Waals surface area contributed by atoms with Gasteiger partial charge < -0.3 is 0 Å². The number of hydrogen-bond donors (Lipinski definition) is 0. The van der Waals surface area contributed by atoms with Crippen molar-refractivity contribution in [2.24, 2.45) is 0 Å².